The van der Waals surface area contributed by atoms with Crippen LogP contribution in [0.25, 0.3) is 0 Å². The zero-order valence-electron chi connectivity index (χ0n) is 9.51. The first kappa shape index (κ1) is 14.7. The molecule has 3 nitrogen and oxygen atoms in total. The highest BCUT2D eigenvalue weighted by Gasteiger charge is 2.07. The second-order valence-electron chi connectivity index (χ2n) is 3.76. The van der Waals surface area contributed by atoms with Crippen LogP contribution in [0.1, 0.15) is 15.9 Å². The molecule has 0 aliphatic carbocycles. The number of carbonyl (C=O) groups is 1. The van der Waals surface area contributed by atoms with Crippen molar-refractivity contribution in [3.8, 4) is 0 Å². The lowest BCUT2D eigenvalue weighted by Gasteiger charge is -1.99. The van der Waals surface area contributed by atoms with E-state index in [4.69, 9.17) is 5.73 Å². The van der Waals surface area contributed by atoms with E-state index in [0.29, 0.717) is 12.1 Å². The highest BCUT2D eigenvalue weighted by Crippen LogP contribution is 2.11. The number of hydrogen-bond donors (Lipinski definition) is 1. The predicted molar refractivity (Wildman–Crippen MR) is 68.4 cm³/mol. The fourth-order valence-electron chi connectivity index (χ4n) is 1.61. The number of primary amides is 1. The summed E-state index contributed by atoms with van der Waals surface area (Å²) in [7, 11) is 0. The Morgan fingerprint density at radius 3 is 2.72 bits per heavy atom. The Bertz CT molecular complexity index is 560. The molecule has 94 valence electrons. The normalized spacial score (nSPS) is 9.61. The molecule has 0 aliphatic rings. The minimum Gasteiger partial charge on any atom is -1.00 e. The first-order chi connectivity index (χ1) is 8.15. The van der Waals surface area contributed by atoms with Crippen molar-refractivity contribution in [1.82, 2.24) is 0 Å². The molecule has 1 aromatic carbocycles. The predicted octanol–water partition coefficient (Wildman–Crippen LogP) is -1.11. The van der Waals surface area contributed by atoms with Crippen LogP contribution in [0, 0.1) is 0 Å². The van der Waals surface area contributed by atoms with E-state index in [-0.39, 0.29) is 12.4 Å². The zero-order chi connectivity index (χ0) is 12.3. The highest BCUT2D eigenvalue weighted by molar-refractivity contribution is 9.10. The van der Waals surface area contributed by atoms with Gasteiger partial charge in [-0.1, -0.05) is 28.1 Å². The summed E-state index contributed by atoms with van der Waals surface area (Å²) in [5, 5.41) is 0. The van der Waals surface area contributed by atoms with Gasteiger partial charge in [0, 0.05) is 16.1 Å². The van der Waals surface area contributed by atoms with E-state index in [0.717, 1.165) is 10.0 Å². The van der Waals surface area contributed by atoms with Gasteiger partial charge in [-0.2, -0.15) is 4.57 Å². The summed E-state index contributed by atoms with van der Waals surface area (Å²) >= 11 is 3.43. The molecule has 0 saturated carbocycles. The average molecular weight is 328 g/mol. The number of nitrogens with two attached hydrogens (primary N) is 1. The molecule has 2 aromatic rings. The first-order valence-electron chi connectivity index (χ1n) is 5.18. The fourth-order valence-corrected chi connectivity index (χ4v) is 2.06. The molecule has 2 N–H and O–H groups in total. The Hall–Kier alpha value is -1.39. The number of hydrogen-bond acceptors (Lipinski definition) is 1. The molecule has 0 aliphatic heterocycles. The smallest absolute Gasteiger partial charge is 0.254 e. The van der Waals surface area contributed by atoms with Crippen molar-refractivity contribution >= 4 is 21.8 Å². The van der Waals surface area contributed by atoms with Gasteiger partial charge in [0.05, 0.1) is 0 Å². The number of aromatic nitrogens is 1. The maximum Gasteiger partial charge on any atom is 0.254 e. The highest BCUT2D eigenvalue weighted by atomic mass is 79.9. The van der Waals surface area contributed by atoms with Crippen LogP contribution in [-0.2, 0) is 6.54 Å². The van der Waals surface area contributed by atoms with Gasteiger partial charge in [-0.05, 0) is 18.2 Å². The second-order valence-corrected chi connectivity index (χ2v) is 4.67. The lowest BCUT2D eigenvalue weighted by Crippen LogP contribution is -3.00. The molecule has 1 aromatic heterocycles. The molecule has 0 bridgehead atoms. The minimum absolute atomic E-state index is 0. The molecule has 1 amide bonds. The quantitative estimate of drug-likeness (QED) is 0.714. The van der Waals surface area contributed by atoms with E-state index in [1.807, 2.05) is 41.1 Å². The fraction of sp³-hybridized carbons (Fsp3) is 0.0769. The summed E-state index contributed by atoms with van der Waals surface area (Å²) in [6, 6.07) is 11.6. The SMILES string of the molecule is NC(=O)c1ccc[n+](Cc2cccc(Br)c2)c1.[Cl-]. The van der Waals surface area contributed by atoms with Gasteiger partial charge in [-0.25, -0.2) is 0 Å². The number of carbonyl (C=O) groups excluding carboxylic acids is 1. The van der Waals surface area contributed by atoms with Crippen LogP contribution < -0.4 is 22.7 Å². The van der Waals surface area contributed by atoms with E-state index >= 15 is 0 Å². The van der Waals surface area contributed by atoms with Crippen LogP contribution in [0.3, 0.4) is 0 Å². The van der Waals surface area contributed by atoms with Crippen LogP contribution >= 0.6 is 15.9 Å². The van der Waals surface area contributed by atoms with Gasteiger partial charge in [-0.3, -0.25) is 4.79 Å². The molecule has 0 unspecified atom stereocenters. The lowest BCUT2D eigenvalue weighted by atomic mass is 10.2. The standard InChI is InChI=1S/C13H11BrN2O.ClH/c14-12-5-1-3-10(7-12)8-16-6-2-4-11(9-16)13(15)17;/h1-7,9H,8H2,(H-,15,17);1H. The Morgan fingerprint density at radius 1 is 1.28 bits per heavy atom. The van der Waals surface area contributed by atoms with Crippen LogP contribution in [-0.4, -0.2) is 5.91 Å². The maximum absolute atomic E-state index is 11.1. The minimum atomic E-state index is -0.409. The third kappa shape index (κ3) is 3.82. The van der Waals surface area contributed by atoms with Crippen LogP contribution in [0.2, 0.25) is 0 Å². The topological polar surface area (TPSA) is 47.0 Å². The van der Waals surface area contributed by atoms with Crippen molar-refractivity contribution in [2.75, 3.05) is 0 Å². The number of halogens is 2. The summed E-state index contributed by atoms with van der Waals surface area (Å²) < 4.78 is 2.98. The van der Waals surface area contributed by atoms with Gasteiger partial charge in [0.25, 0.3) is 5.91 Å². The first-order valence-corrected chi connectivity index (χ1v) is 5.98. The summed E-state index contributed by atoms with van der Waals surface area (Å²) in [6.45, 7) is 0.709. The van der Waals surface area contributed by atoms with Crippen LogP contribution in [0.4, 0.5) is 0 Å². The average Bonchev–Trinajstić information content (AvgIpc) is 2.29. The van der Waals surface area contributed by atoms with Crippen molar-refractivity contribution in [3.63, 3.8) is 0 Å². The largest absolute Gasteiger partial charge is 1.00 e. The molecule has 5 heteroatoms. The van der Waals surface area contributed by atoms with E-state index in [2.05, 4.69) is 15.9 Å². The number of nitrogens with zero attached hydrogens (tertiary/aromatic N) is 1. The molecule has 0 spiro atoms. The molecule has 0 saturated heterocycles. The van der Waals surface area contributed by atoms with Gasteiger partial charge in [0.1, 0.15) is 5.56 Å². The Kier molecular flexibility index (Phi) is 5.31. The Balaban J connectivity index is 0.00000162. The molecular formula is C13H12BrClN2O. The molecule has 0 fully saturated rings. The van der Waals surface area contributed by atoms with Gasteiger partial charge in [0.2, 0.25) is 0 Å². The number of rotatable bonds is 3. The molecular weight excluding hydrogens is 316 g/mol. The van der Waals surface area contributed by atoms with Crippen LogP contribution in [0.15, 0.2) is 53.3 Å². The van der Waals surface area contributed by atoms with Crippen molar-refractivity contribution in [2.24, 2.45) is 5.73 Å². The Labute approximate surface area is 120 Å². The molecule has 0 atom stereocenters. The van der Waals surface area contributed by atoms with Gasteiger partial charge in [0.15, 0.2) is 18.9 Å². The lowest BCUT2D eigenvalue weighted by molar-refractivity contribution is -0.688. The summed E-state index contributed by atoms with van der Waals surface area (Å²) in [5.74, 6) is -0.409. The molecule has 1 heterocycles. The second kappa shape index (κ2) is 6.52. The molecule has 2 rings (SSSR count). The molecule has 0 radical (unpaired) electrons. The third-order valence-corrected chi connectivity index (χ3v) is 2.89. The summed E-state index contributed by atoms with van der Waals surface area (Å²) in [6.07, 6.45) is 3.66. The zero-order valence-corrected chi connectivity index (χ0v) is 11.9. The van der Waals surface area contributed by atoms with E-state index in [1.165, 1.54) is 0 Å². The van der Waals surface area contributed by atoms with Crippen molar-refractivity contribution in [2.45, 2.75) is 6.54 Å². The van der Waals surface area contributed by atoms with Crippen molar-refractivity contribution < 1.29 is 21.8 Å². The number of pyridine rings is 1. The van der Waals surface area contributed by atoms with Gasteiger partial charge >= 0.3 is 0 Å². The van der Waals surface area contributed by atoms with Gasteiger partial charge < -0.3 is 18.1 Å². The van der Waals surface area contributed by atoms with E-state index in [1.54, 1.807) is 12.3 Å². The van der Waals surface area contributed by atoms with E-state index in [9.17, 15) is 4.79 Å². The van der Waals surface area contributed by atoms with Gasteiger partial charge in [-0.15, -0.1) is 0 Å². The number of amides is 1. The van der Waals surface area contributed by atoms with E-state index < -0.39 is 5.91 Å². The van der Waals surface area contributed by atoms with Crippen LogP contribution in [0.5, 0.6) is 0 Å². The van der Waals surface area contributed by atoms with Crippen molar-refractivity contribution in [3.05, 3.63) is 64.4 Å². The summed E-state index contributed by atoms with van der Waals surface area (Å²) in [4.78, 5) is 11.1. The number of benzene rings is 1. The summed E-state index contributed by atoms with van der Waals surface area (Å²) in [5.41, 5.74) is 6.91. The monoisotopic (exact) mass is 326 g/mol. The molecule has 18 heavy (non-hydrogen) atoms. The third-order valence-electron chi connectivity index (χ3n) is 2.40. The van der Waals surface area contributed by atoms with Crippen molar-refractivity contribution in [1.29, 1.82) is 0 Å². The Morgan fingerprint density at radius 2 is 2.06 bits per heavy atom. The maximum atomic E-state index is 11.1.